The molecule has 1 aromatic carbocycles. The quantitative estimate of drug-likeness (QED) is 0.816. The van der Waals surface area contributed by atoms with Crippen LogP contribution in [0.1, 0.15) is 32.4 Å². The predicted octanol–water partition coefficient (Wildman–Crippen LogP) is 3.50. The molecule has 0 aromatic heterocycles. The second-order valence-electron chi connectivity index (χ2n) is 7.80. The highest BCUT2D eigenvalue weighted by Crippen LogP contribution is 2.22. The van der Waals surface area contributed by atoms with Crippen molar-refractivity contribution >= 4 is 17.7 Å². The van der Waals surface area contributed by atoms with Crippen LogP contribution < -0.4 is 0 Å². The van der Waals surface area contributed by atoms with Crippen molar-refractivity contribution in [1.29, 1.82) is 0 Å². The highest BCUT2D eigenvalue weighted by atomic mass is 35.5. The zero-order chi connectivity index (χ0) is 18.6. The zero-order valence-corrected chi connectivity index (χ0v) is 16.7. The van der Waals surface area contributed by atoms with Crippen LogP contribution in [-0.2, 0) is 4.74 Å². The van der Waals surface area contributed by atoms with Gasteiger partial charge in [0.1, 0.15) is 5.60 Å². The fourth-order valence-corrected chi connectivity index (χ4v) is 3.06. The summed E-state index contributed by atoms with van der Waals surface area (Å²) in [5.74, 6) is 0. The molecular weight excluding hydrogens is 338 g/mol. The number of benzene rings is 1. The number of carbonyl (C=O) groups is 1. The smallest absolute Gasteiger partial charge is 0.410 e. The van der Waals surface area contributed by atoms with Crippen LogP contribution in [0.25, 0.3) is 0 Å². The third kappa shape index (κ3) is 6.17. The van der Waals surface area contributed by atoms with Gasteiger partial charge in [-0.3, -0.25) is 4.90 Å². The number of hydrogen-bond acceptors (Lipinski definition) is 4. The van der Waals surface area contributed by atoms with E-state index < -0.39 is 5.60 Å². The Morgan fingerprint density at radius 1 is 1.16 bits per heavy atom. The fourth-order valence-electron chi connectivity index (χ4n) is 2.94. The topological polar surface area (TPSA) is 36.0 Å². The van der Waals surface area contributed by atoms with Gasteiger partial charge in [-0.15, -0.1) is 0 Å². The minimum Gasteiger partial charge on any atom is -0.444 e. The van der Waals surface area contributed by atoms with Gasteiger partial charge in [0.05, 0.1) is 0 Å². The van der Waals surface area contributed by atoms with E-state index in [2.05, 4.69) is 36.0 Å². The van der Waals surface area contributed by atoms with Gasteiger partial charge in [-0.2, -0.15) is 0 Å². The molecule has 0 bridgehead atoms. The summed E-state index contributed by atoms with van der Waals surface area (Å²) in [5, 5.41) is 0.757. The SMILES string of the molecule is CN(C)[C@@H](CN1CCN(C(=O)OC(C)(C)C)CC1)c1ccc(Cl)cc1. The van der Waals surface area contributed by atoms with Crippen LogP contribution in [0.3, 0.4) is 0 Å². The van der Waals surface area contributed by atoms with Gasteiger partial charge >= 0.3 is 6.09 Å². The number of rotatable bonds is 4. The van der Waals surface area contributed by atoms with Gasteiger partial charge in [-0.25, -0.2) is 4.79 Å². The van der Waals surface area contributed by atoms with E-state index in [1.807, 2.05) is 32.9 Å². The number of ether oxygens (including phenoxy) is 1. The molecule has 6 heteroatoms. The van der Waals surface area contributed by atoms with Crippen LogP contribution >= 0.6 is 11.6 Å². The number of carbonyl (C=O) groups excluding carboxylic acids is 1. The number of likely N-dealkylation sites (N-methyl/N-ethyl adjacent to an activating group) is 1. The molecule has 5 nitrogen and oxygen atoms in total. The number of amides is 1. The van der Waals surface area contributed by atoms with E-state index >= 15 is 0 Å². The first-order chi connectivity index (χ1) is 11.7. The van der Waals surface area contributed by atoms with E-state index in [0.29, 0.717) is 19.1 Å². The Kier molecular flexibility index (Phi) is 6.72. The minimum absolute atomic E-state index is 0.214. The molecule has 0 spiro atoms. The highest BCUT2D eigenvalue weighted by molar-refractivity contribution is 6.30. The fraction of sp³-hybridized carbons (Fsp3) is 0.632. The minimum atomic E-state index is -0.446. The third-order valence-corrected chi connectivity index (χ3v) is 4.59. The maximum atomic E-state index is 12.2. The van der Waals surface area contributed by atoms with Crippen LogP contribution in [0.5, 0.6) is 0 Å². The summed E-state index contributed by atoms with van der Waals surface area (Å²) in [6.07, 6.45) is -0.214. The second-order valence-corrected chi connectivity index (χ2v) is 8.24. The van der Waals surface area contributed by atoms with Gasteiger partial charge in [0.15, 0.2) is 0 Å². The molecule has 0 radical (unpaired) electrons. The average molecular weight is 368 g/mol. The molecule has 1 aromatic rings. The maximum Gasteiger partial charge on any atom is 0.410 e. The Hall–Kier alpha value is -1.30. The Labute approximate surface area is 156 Å². The normalized spacial score (nSPS) is 17.6. The molecule has 1 fully saturated rings. The Morgan fingerprint density at radius 3 is 2.20 bits per heavy atom. The molecule has 1 aliphatic rings. The van der Waals surface area contributed by atoms with Gasteiger partial charge < -0.3 is 14.5 Å². The van der Waals surface area contributed by atoms with Gasteiger partial charge in [-0.05, 0) is 52.6 Å². The van der Waals surface area contributed by atoms with Gasteiger partial charge in [0, 0.05) is 43.8 Å². The van der Waals surface area contributed by atoms with Crippen LogP contribution in [0, 0.1) is 0 Å². The monoisotopic (exact) mass is 367 g/mol. The largest absolute Gasteiger partial charge is 0.444 e. The number of halogens is 1. The van der Waals surface area contributed by atoms with E-state index in [1.165, 1.54) is 5.56 Å². The van der Waals surface area contributed by atoms with E-state index in [4.69, 9.17) is 16.3 Å². The lowest BCUT2D eigenvalue weighted by Crippen LogP contribution is -2.51. The molecular formula is C19H30ClN3O2. The number of piperazine rings is 1. The Balaban J connectivity index is 1.91. The lowest BCUT2D eigenvalue weighted by atomic mass is 10.1. The highest BCUT2D eigenvalue weighted by Gasteiger charge is 2.27. The molecule has 140 valence electrons. The van der Waals surface area contributed by atoms with Gasteiger partial charge in [0.2, 0.25) is 0 Å². The number of nitrogens with zero attached hydrogens (tertiary/aromatic N) is 3. The van der Waals surface area contributed by atoms with Crippen molar-refractivity contribution < 1.29 is 9.53 Å². The van der Waals surface area contributed by atoms with E-state index in [9.17, 15) is 4.79 Å². The van der Waals surface area contributed by atoms with Crippen LogP contribution in [-0.4, -0.2) is 73.2 Å². The summed E-state index contributed by atoms with van der Waals surface area (Å²) < 4.78 is 5.46. The van der Waals surface area contributed by atoms with Crippen molar-refractivity contribution in [3.63, 3.8) is 0 Å². The molecule has 25 heavy (non-hydrogen) atoms. The van der Waals surface area contributed by atoms with Crippen molar-refractivity contribution in [1.82, 2.24) is 14.7 Å². The molecule has 0 unspecified atom stereocenters. The first-order valence-corrected chi connectivity index (χ1v) is 9.15. The van der Waals surface area contributed by atoms with Crippen LogP contribution in [0.15, 0.2) is 24.3 Å². The zero-order valence-electron chi connectivity index (χ0n) is 16.0. The van der Waals surface area contributed by atoms with Gasteiger partial charge in [0.25, 0.3) is 0 Å². The van der Waals surface area contributed by atoms with E-state index in [0.717, 1.165) is 24.7 Å². The third-order valence-electron chi connectivity index (χ3n) is 4.33. The first-order valence-electron chi connectivity index (χ1n) is 8.78. The summed E-state index contributed by atoms with van der Waals surface area (Å²) >= 11 is 6.01. The standard InChI is InChI=1S/C19H30ClN3O2/c1-19(2,3)25-18(24)23-12-10-22(11-13-23)14-17(21(4)5)15-6-8-16(20)9-7-15/h6-9,17H,10-14H2,1-5H3/t17-/m0/s1. The van der Waals surface area contributed by atoms with E-state index in [-0.39, 0.29) is 6.09 Å². The molecule has 0 N–H and O–H groups in total. The first kappa shape index (κ1) is 20.0. The van der Waals surface area contributed by atoms with Crippen LogP contribution in [0.4, 0.5) is 4.79 Å². The van der Waals surface area contributed by atoms with Crippen molar-refractivity contribution in [2.45, 2.75) is 32.4 Å². The lowest BCUT2D eigenvalue weighted by molar-refractivity contribution is 0.0126. The molecule has 1 amide bonds. The molecule has 0 aliphatic carbocycles. The van der Waals surface area contributed by atoms with Crippen molar-refractivity contribution in [3.8, 4) is 0 Å². The second kappa shape index (κ2) is 8.39. The summed E-state index contributed by atoms with van der Waals surface area (Å²) in [5.41, 5.74) is 0.808. The summed E-state index contributed by atoms with van der Waals surface area (Å²) in [7, 11) is 4.19. The van der Waals surface area contributed by atoms with Crippen molar-refractivity contribution in [3.05, 3.63) is 34.9 Å². The molecule has 1 saturated heterocycles. The predicted molar refractivity (Wildman–Crippen MR) is 102 cm³/mol. The van der Waals surface area contributed by atoms with Crippen molar-refractivity contribution in [2.75, 3.05) is 46.8 Å². The summed E-state index contributed by atoms with van der Waals surface area (Å²) in [6.45, 7) is 9.75. The summed E-state index contributed by atoms with van der Waals surface area (Å²) in [6, 6.07) is 8.35. The van der Waals surface area contributed by atoms with Crippen LogP contribution in [0.2, 0.25) is 5.02 Å². The average Bonchev–Trinajstić information content (AvgIpc) is 2.52. The Bertz CT molecular complexity index is 561. The van der Waals surface area contributed by atoms with E-state index in [1.54, 1.807) is 4.90 Å². The summed E-state index contributed by atoms with van der Waals surface area (Å²) in [4.78, 5) is 18.6. The molecule has 1 aliphatic heterocycles. The molecule has 2 rings (SSSR count). The molecule has 0 saturated carbocycles. The Morgan fingerprint density at radius 2 is 1.72 bits per heavy atom. The molecule has 1 heterocycles. The maximum absolute atomic E-state index is 12.2. The van der Waals surface area contributed by atoms with Crippen molar-refractivity contribution in [2.24, 2.45) is 0 Å². The lowest BCUT2D eigenvalue weighted by Gasteiger charge is -2.38. The molecule has 1 atom stereocenters. The van der Waals surface area contributed by atoms with Gasteiger partial charge in [-0.1, -0.05) is 23.7 Å². The number of hydrogen-bond donors (Lipinski definition) is 0.